The molecule has 0 saturated carbocycles. The van der Waals surface area contributed by atoms with E-state index in [2.05, 4.69) is 42.2 Å². The highest BCUT2D eigenvalue weighted by Gasteiger charge is 2.27. The minimum absolute atomic E-state index is 0.325. The highest BCUT2D eigenvalue weighted by molar-refractivity contribution is 5.43. The Morgan fingerprint density at radius 1 is 1.53 bits per heavy atom. The summed E-state index contributed by atoms with van der Waals surface area (Å²) < 4.78 is 5.63. The molecule has 4 heteroatoms. The first-order valence-corrected chi connectivity index (χ1v) is 7.21. The van der Waals surface area contributed by atoms with E-state index in [-0.39, 0.29) is 0 Å². The monoisotopic (exact) mass is 263 g/mol. The summed E-state index contributed by atoms with van der Waals surface area (Å²) in [6.07, 6.45) is 4.46. The molecule has 0 radical (unpaired) electrons. The van der Waals surface area contributed by atoms with Crippen LogP contribution in [-0.2, 0) is 11.3 Å². The van der Waals surface area contributed by atoms with Crippen molar-refractivity contribution in [1.29, 1.82) is 0 Å². The largest absolute Gasteiger partial charge is 0.385 e. The van der Waals surface area contributed by atoms with E-state index in [0.29, 0.717) is 12.1 Å². The molecular formula is C15H25N3O. The van der Waals surface area contributed by atoms with Crippen LogP contribution in [0, 0.1) is 0 Å². The molecule has 0 aliphatic carbocycles. The van der Waals surface area contributed by atoms with Gasteiger partial charge in [-0.3, -0.25) is 9.88 Å². The Labute approximate surface area is 116 Å². The van der Waals surface area contributed by atoms with E-state index < -0.39 is 0 Å². The highest BCUT2D eigenvalue weighted by Crippen LogP contribution is 2.20. The third kappa shape index (κ3) is 3.91. The predicted octanol–water partition coefficient (Wildman–Crippen LogP) is 2.51. The molecule has 1 aliphatic rings. The van der Waals surface area contributed by atoms with Crippen LogP contribution in [0.15, 0.2) is 18.3 Å². The molecule has 1 aromatic heterocycles. The van der Waals surface area contributed by atoms with Crippen molar-refractivity contribution < 1.29 is 4.74 Å². The van der Waals surface area contributed by atoms with Crippen molar-refractivity contribution in [2.75, 3.05) is 25.5 Å². The molecule has 1 N–H and O–H groups in total. The molecule has 106 valence electrons. The molecule has 19 heavy (non-hydrogen) atoms. The Balaban J connectivity index is 1.94. The fourth-order valence-electron chi connectivity index (χ4n) is 2.62. The van der Waals surface area contributed by atoms with Crippen LogP contribution in [0.5, 0.6) is 0 Å². The van der Waals surface area contributed by atoms with Crippen LogP contribution >= 0.6 is 0 Å². The number of hydrogen-bond donors (Lipinski definition) is 1. The third-order valence-corrected chi connectivity index (χ3v) is 3.71. The lowest BCUT2D eigenvalue weighted by Gasteiger charge is -2.26. The lowest BCUT2D eigenvalue weighted by atomic mass is 10.1. The summed E-state index contributed by atoms with van der Waals surface area (Å²) in [4.78, 5) is 6.81. The van der Waals surface area contributed by atoms with Gasteiger partial charge in [-0.25, -0.2) is 0 Å². The maximum Gasteiger partial charge on any atom is 0.0703 e. The van der Waals surface area contributed by atoms with E-state index in [9.17, 15) is 0 Å². The van der Waals surface area contributed by atoms with Crippen molar-refractivity contribution in [3.05, 3.63) is 24.0 Å². The molecule has 0 amide bonds. The Hall–Kier alpha value is -1.13. The van der Waals surface area contributed by atoms with Gasteiger partial charge in [0.25, 0.3) is 0 Å². The summed E-state index contributed by atoms with van der Waals surface area (Å²) in [6.45, 7) is 7.08. The van der Waals surface area contributed by atoms with Gasteiger partial charge in [0.2, 0.25) is 0 Å². The van der Waals surface area contributed by atoms with Crippen LogP contribution < -0.4 is 5.32 Å². The molecule has 0 bridgehead atoms. The van der Waals surface area contributed by atoms with Crippen LogP contribution in [0.2, 0.25) is 0 Å². The van der Waals surface area contributed by atoms with E-state index in [4.69, 9.17) is 4.74 Å². The molecule has 2 atom stereocenters. The second kappa shape index (κ2) is 6.87. The molecule has 0 spiro atoms. The SMILES string of the molecule is CCCNc1ccnc(CN(C)C2CCOC2C)c1. The molecule has 0 aromatic carbocycles. The Morgan fingerprint density at radius 2 is 2.37 bits per heavy atom. The zero-order chi connectivity index (χ0) is 13.7. The van der Waals surface area contributed by atoms with E-state index in [1.807, 2.05) is 12.3 Å². The average Bonchev–Trinajstić information content (AvgIpc) is 2.83. The number of rotatable bonds is 6. The highest BCUT2D eigenvalue weighted by atomic mass is 16.5. The first-order chi connectivity index (χ1) is 9.20. The molecule has 1 saturated heterocycles. The minimum Gasteiger partial charge on any atom is -0.385 e. The lowest BCUT2D eigenvalue weighted by Crippen LogP contribution is -2.36. The van der Waals surface area contributed by atoms with Gasteiger partial charge in [0.1, 0.15) is 0 Å². The quantitative estimate of drug-likeness (QED) is 0.855. The van der Waals surface area contributed by atoms with E-state index in [1.165, 1.54) is 0 Å². The number of hydrogen-bond acceptors (Lipinski definition) is 4. The maximum absolute atomic E-state index is 5.63. The third-order valence-electron chi connectivity index (χ3n) is 3.71. The van der Waals surface area contributed by atoms with Crippen molar-refractivity contribution in [2.45, 2.75) is 45.4 Å². The van der Waals surface area contributed by atoms with Gasteiger partial charge in [-0.2, -0.15) is 0 Å². The Morgan fingerprint density at radius 3 is 3.05 bits per heavy atom. The van der Waals surface area contributed by atoms with Gasteiger partial charge in [0.15, 0.2) is 0 Å². The zero-order valence-corrected chi connectivity index (χ0v) is 12.2. The van der Waals surface area contributed by atoms with Gasteiger partial charge < -0.3 is 10.1 Å². The topological polar surface area (TPSA) is 37.4 Å². The summed E-state index contributed by atoms with van der Waals surface area (Å²) in [5.41, 5.74) is 2.28. The normalized spacial score (nSPS) is 22.9. The van der Waals surface area contributed by atoms with Crippen LogP contribution in [0.3, 0.4) is 0 Å². The first kappa shape index (κ1) is 14.3. The van der Waals surface area contributed by atoms with Crippen molar-refractivity contribution >= 4 is 5.69 Å². The van der Waals surface area contributed by atoms with Crippen molar-refractivity contribution in [2.24, 2.45) is 0 Å². The maximum atomic E-state index is 5.63. The minimum atomic E-state index is 0.325. The summed E-state index contributed by atoms with van der Waals surface area (Å²) in [6, 6.07) is 4.68. The smallest absolute Gasteiger partial charge is 0.0703 e. The summed E-state index contributed by atoms with van der Waals surface area (Å²) in [7, 11) is 2.16. The Bertz CT molecular complexity index is 397. The summed E-state index contributed by atoms with van der Waals surface area (Å²) >= 11 is 0. The number of nitrogens with zero attached hydrogens (tertiary/aromatic N) is 2. The van der Waals surface area contributed by atoms with Crippen molar-refractivity contribution in [3.63, 3.8) is 0 Å². The standard InChI is InChI=1S/C15H25N3O/c1-4-7-16-13-5-8-17-14(10-13)11-18(3)15-6-9-19-12(15)2/h5,8,10,12,15H,4,6-7,9,11H2,1-3H3,(H,16,17). The number of anilines is 1. The van der Waals surface area contributed by atoms with Crippen LogP contribution in [0.1, 0.15) is 32.4 Å². The molecule has 2 heterocycles. The number of ether oxygens (including phenoxy) is 1. The predicted molar refractivity (Wildman–Crippen MR) is 78.3 cm³/mol. The molecule has 1 fully saturated rings. The Kier molecular flexibility index (Phi) is 5.16. The van der Waals surface area contributed by atoms with Crippen molar-refractivity contribution in [3.8, 4) is 0 Å². The van der Waals surface area contributed by atoms with E-state index in [0.717, 1.165) is 43.9 Å². The summed E-state index contributed by atoms with van der Waals surface area (Å²) in [5.74, 6) is 0. The van der Waals surface area contributed by atoms with Gasteiger partial charge >= 0.3 is 0 Å². The lowest BCUT2D eigenvalue weighted by molar-refractivity contribution is 0.0810. The average molecular weight is 263 g/mol. The van der Waals surface area contributed by atoms with E-state index in [1.54, 1.807) is 0 Å². The fraction of sp³-hybridized carbons (Fsp3) is 0.667. The second-order valence-electron chi connectivity index (χ2n) is 5.31. The van der Waals surface area contributed by atoms with Gasteiger partial charge in [-0.1, -0.05) is 6.92 Å². The van der Waals surface area contributed by atoms with Gasteiger partial charge in [0, 0.05) is 37.6 Å². The van der Waals surface area contributed by atoms with Crippen LogP contribution in [0.25, 0.3) is 0 Å². The first-order valence-electron chi connectivity index (χ1n) is 7.21. The molecule has 1 aromatic rings. The number of pyridine rings is 1. The van der Waals surface area contributed by atoms with E-state index >= 15 is 0 Å². The molecule has 2 rings (SSSR count). The molecule has 1 aliphatic heterocycles. The zero-order valence-electron chi connectivity index (χ0n) is 12.2. The number of nitrogens with one attached hydrogen (secondary N) is 1. The molecule has 2 unspecified atom stereocenters. The second-order valence-corrected chi connectivity index (χ2v) is 5.31. The summed E-state index contributed by atoms with van der Waals surface area (Å²) in [5, 5.41) is 3.40. The molecule has 4 nitrogen and oxygen atoms in total. The van der Waals surface area contributed by atoms with Gasteiger partial charge in [-0.15, -0.1) is 0 Å². The van der Waals surface area contributed by atoms with Crippen molar-refractivity contribution in [1.82, 2.24) is 9.88 Å². The number of aromatic nitrogens is 1. The fourth-order valence-corrected chi connectivity index (χ4v) is 2.62. The van der Waals surface area contributed by atoms with Crippen LogP contribution in [-0.4, -0.2) is 42.2 Å². The van der Waals surface area contributed by atoms with Crippen LogP contribution in [0.4, 0.5) is 5.69 Å². The van der Waals surface area contributed by atoms with Gasteiger partial charge in [-0.05, 0) is 38.9 Å². The number of likely N-dealkylation sites (N-methyl/N-ethyl adjacent to an activating group) is 1. The molecular weight excluding hydrogens is 238 g/mol. The van der Waals surface area contributed by atoms with Gasteiger partial charge in [0.05, 0.1) is 11.8 Å².